The number of rotatable bonds is 7. The van der Waals surface area contributed by atoms with Gasteiger partial charge in [-0.15, -0.1) is 15.3 Å². The number of ether oxygens (including phenoxy) is 2. The summed E-state index contributed by atoms with van der Waals surface area (Å²) in [6.07, 6.45) is 0. The zero-order valence-corrected chi connectivity index (χ0v) is 23.6. The van der Waals surface area contributed by atoms with Gasteiger partial charge in [-0.1, -0.05) is 48.5 Å². The maximum Gasteiger partial charge on any atom is 0.344 e. The van der Waals surface area contributed by atoms with Crippen LogP contribution in [0.2, 0.25) is 0 Å². The molecular formula is C34H26N4O5. The van der Waals surface area contributed by atoms with Gasteiger partial charge in [0.15, 0.2) is 0 Å². The van der Waals surface area contributed by atoms with Gasteiger partial charge in [0.2, 0.25) is 0 Å². The van der Waals surface area contributed by atoms with Crippen molar-refractivity contribution in [2.75, 3.05) is 14.2 Å². The average Bonchev–Trinajstić information content (AvgIpc) is 3.03. The SMILES string of the molecule is COc1cc(N=Nc2ccc(O)c3ccccc23)c(OC)cc1N=Nc1ccc(-c2cc3ccc(C)cc3oc2=O)cc1. The Morgan fingerprint density at radius 2 is 1.33 bits per heavy atom. The third kappa shape index (κ3) is 5.56. The van der Waals surface area contributed by atoms with Gasteiger partial charge in [0.1, 0.15) is 34.2 Å². The second-order valence-electron chi connectivity index (χ2n) is 9.78. The summed E-state index contributed by atoms with van der Waals surface area (Å²) in [7, 11) is 3.06. The molecule has 0 unspecified atom stereocenters. The van der Waals surface area contributed by atoms with Gasteiger partial charge >= 0.3 is 5.63 Å². The van der Waals surface area contributed by atoms with Crippen LogP contribution in [0.15, 0.2) is 127 Å². The summed E-state index contributed by atoms with van der Waals surface area (Å²) < 4.78 is 16.7. The summed E-state index contributed by atoms with van der Waals surface area (Å²) in [4.78, 5) is 12.6. The Bertz CT molecular complexity index is 2100. The lowest BCUT2D eigenvalue weighted by atomic mass is 10.1. The van der Waals surface area contributed by atoms with Gasteiger partial charge in [0, 0.05) is 28.3 Å². The second-order valence-corrected chi connectivity index (χ2v) is 9.78. The monoisotopic (exact) mass is 570 g/mol. The van der Waals surface area contributed by atoms with E-state index < -0.39 is 5.63 Å². The lowest BCUT2D eigenvalue weighted by Gasteiger charge is -2.09. The molecule has 9 nitrogen and oxygen atoms in total. The minimum Gasteiger partial charge on any atom is -0.507 e. The molecule has 0 bridgehead atoms. The molecule has 0 atom stereocenters. The highest BCUT2D eigenvalue weighted by Gasteiger charge is 2.13. The van der Waals surface area contributed by atoms with Crippen molar-refractivity contribution < 1.29 is 19.0 Å². The lowest BCUT2D eigenvalue weighted by molar-refractivity contribution is 0.405. The quantitative estimate of drug-likeness (QED) is 0.151. The Hall–Kier alpha value is -5.83. The molecule has 0 radical (unpaired) electrons. The van der Waals surface area contributed by atoms with Crippen LogP contribution in [0.1, 0.15) is 5.56 Å². The normalized spacial score (nSPS) is 11.6. The van der Waals surface area contributed by atoms with E-state index in [2.05, 4.69) is 20.5 Å². The largest absolute Gasteiger partial charge is 0.507 e. The highest BCUT2D eigenvalue weighted by molar-refractivity contribution is 5.96. The molecule has 1 heterocycles. The van der Waals surface area contributed by atoms with E-state index in [0.717, 1.165) is 16.3 Å². The van der Waals surface area contributed by atoms with E-state index >= 15 is 0 Å². The molecule has 1 aromatic heterocycles. The van der Waals surface area contributed by atoms with Crippen molar-refractivity contribution in [1.82, 2.24) is 0 Å². The number of aromatic hydroxyl groups is 1. The Balaban J connectivity index is 1.27. The van der Waals surface area contributed by atoms with Crippen LogP contribution < -0.4 is 15.1 Å². The number of methoxy groups -OCH3 is 2. The highest BCUT2D eigenvalue weighted by Crippen LogP contribution is 2.42. The number of benzene rings is 5. The number of azo groups is 2. The first-order valence-corrected chi connectivity index (χ1v) is 13.4. The van der Waals surface area contributed by atoms with Gasteiger partial charge in [0.25, 0.3) is 0 Å². The van der Waals surface area contributed by atoms with Crippen molar-refractivity contribution in [1.29, 1.82) is 0 Å². The molecule has 0 saturated carbocycles. The fourth-order valence-corrected chi connectivity index (χ4v) is 4.72. The van der Waals surface area contributed by atoms with Gasteiger partial charge in [-0.25, -0.2) is 4.79 Å². The number of hydrogen-bond acceptors (Lipinski definition) is 9. The third-order valence-electron chi connectivity index (χ3n) is 6.97. The van der Waals surface area contributed by atoms with Crippen LogP contribution in [0.25, 0.3) is 32.9 Å². The molecule has 0 spiro atoms. The van der Waals surface area contributed by atoms with Crippen molar-refractivity contribution in [2.24, 2.45) is 20.5 Å². The maximum absolute atomic E-state index is 12.6. The summed E-state index contributed by atoms with van der Waals surface area (Å²) in [6, 6.07) is 28.8. The van der Waals surface area contributed by atoms with E-state index in [1.807, 2.05) is 55.5 Å². The molecule has 212 valence electrons. The Morgan fingerprint density at radius 3 is 2.02 bits per heavy atom. The topological polar surface area (TPSA) is 118 Å². The van der Waals surface area contributed by atoms with Crippen LogP contribution in [0, 0.1) is 6.92 Å². The molecule has 0 amide bonds. The summed E-state index contributed by atoms with van der Waals surface area (Å²) in [6.45, 7) is 1.95. The zero-order valence-electron chi connectivity index (χ0n) is 23.6. The van der Waals surface area contributed by atoms with Crippen LogP contribution >= 0.6 is 0 Å². The Morgan fingerprint density at radius 1 is 0.674 bits per heavy atom. The number of hydrogen-bond donors (Lipinski definition) is 1. The predicted molar refractivity (Wildman–Crippen MR) is 166 cm³/mol. The van der Waals surface area contributed by atoms with Crippen molar-refractivity contribution in [3.05, 3.63) is 113 Å². The summed E-state index contributed by atoms with van der Waals surface area (Å²) in [5.74, 6) is 1.03. The van der Waals surface area contributed by atoms with Crippen LogP contribution in [-0.4, -0.2) is 19.3 Å². The van der Waals surface area contributed by atoms with E-state index in [9.17, 15) is 9.90 Å². The number of nitrogens with zero attached hydrogens (tertiary/aromatic N) is 4. The molecule has 6 aromatic rings. The Labute approximate surface area is 246 Å². The molecule has 0 aliphatic carbocycles. The van der Waals surface area contributed by atoms with Crippen LogP contribution in [0.4, 0.5) is 22.7 Å². The molecular weight excluding hydrogens is 544 g/mol. The van der Waals surface area contributed by atoms with Gasteiger partial charge in [-0.05, 0) is 54.4 Å². The molecule has 6 rings (SSSR count). The molecule has 0 aliphatic rings. The summed E-state index contributed by atoms with van der Waals surface area (Å²) in [5, 5.41) is 30.0. The Kier molecular flexibility index (Phi) is 7.36. The first-order valence-electron chi connectivity index (χ1n) is 13.4. The molecule has 0 aliphatic heterocycles. The first kappa shape index (κ1) is 27.3. The second kappa shape index (κ2) is 11.6. The van der Waals surface area contributed by atoms with E-state index in [4.69, 9.17) is 13.9 Å². The van der Waals surface area contributed by atoms with Gasteiger partial charge in [-0.3, -0.25) is 0 Å². The van der Waals surface area contributed by atoms with Crippen LogP contribution in [-0.2, 0) is 0 Å². The number of phenols is 1. The van der Waals surface area contributed by atoms with Crippen molar-refractivity contribution in [2.45, 2.75) is 6.92 Å². The fourth-order valence-electron chi connectivity index (χ4n) is 4.72. The molecule has 1 N–H and O–H groups in total. The minimum absolute atomic E-state index is 0.174. The first-order chi connectivity index (χ1) is 20.9. The van der Waals surface area contributed by atoms with Gasteiger partial charge in [0.05, 0.1) is 31.2 Å². The van der Waals surface area contributed by atoms with E-state index in [1.54, 1.807) is 48.5 Å². The predicted octanol–water partition coefficient (Wildman–Crippen LogP) is 9.48. The molecule has 43 heavy (non-hydrogen) atoms. The van der Waals surface area contributed by atoms with Gasteiger partial charge < -0.3 is 19.0 Å². The number of phenolic OH excluding ortho intramolecular Hbond substituents is 1. The molecule has 9 heteroatoms. The zero-order chi connectivity index (χ0) is 29.9. The van der Waals surface area contributed by atoms with E-state index in [1.165, 1.54) is 14.2 Å². The fraction of sp³-hybridized carbons (Fsp3) is 0.0882. The summed E-state index contributed by atoms with van der Waals surface area (Å²) in [5.41, 5.74) is 4.40. The van der Waals surface area contributed by atoms with Gasteiger partial charge in [-0.2, -0.15) is 5.11 Å². The van der Waals surface area contributed by atoms with Crippen molar-refractivity contribution in [3.8, 4) is 28.4 Å². The summed E-state index contributed by atoms with van der Waals surface area (Å²) >= 11 is 0. The van der Waals surface area contributed by atoms with Crippen LogP contribution in [0.5, 0.6) is 17.2 Å². The maximum atomic E-state index is 12.6. The molecule has 0 saturated heterocycles. The number of aryl methyl sites for hydroxylation is 1. The van der Waals surface area contributed by atoms with Crippen LogP contribution in [0.3, 0.4) is 0 Å². The standard InChI is InChI=1S/C34H26N4O5/c1-20-8-9-22-17-26(34(40)43-31(22)16-20)21-10-12-23(13-11-21)35-37-28-18-33(42-3)29(19-32(28)41-2)38-36-27-14-15-30(39)25-7-5-4-6-24(25)27/h4-19,39H,1-3H3. The lowest BCUT2D eigenvalue weighted by Crippen LogP contribution is -2.02. The minimum atomic E-state index is -0.403. The molecule has 0 fully saturated rings. The third-order valence-corrected chi connectivity index (χ3v) is 6.97. The smallest absolute Gasteiger partial charge is 0.344 e. The number of fused-ring (bicyclic) bond motifs is 2. The van der Waals surface area contributed by atoms with E-state index in [-0.39, 0.29) is 5.75 Å². The average molecular weight is 571 g/mol. The van der Waals surface area contributed by atoms with Crippen molar-refractivity contribution >= 4 is 44.5 Å². The highest BCUT2D eigenvalue weighted by atomic mass is 16.5. The van der Waals surface area contributed by atoms with E-state index in [0.29, 0.717) is 56.3 Å². The van der Waals surface area contributed by atoms with Crippen molar-refractivity contribution in [3.63, 3.8) is 0 Å². The molecule has 5 aromatic carbocycles.